The van der Waals surface area contributed by atoms with E-state index in [1.807, 2.05) is 0 Å². The number of halogens is 2. The Bertz CT molecular complexity index is 291. The zero-order valence-electron chi connectivity index (χ0n) is 6.58. The Morgan fingerprint density at radius 1 is 1.46 bits per heavy atom. The van der Waals surface area contributed by atoms with Crippen LogP contribution in [-0.4, -0.2) is 23.1 Å². The molecule has 0 saturated carbocycles. The average Bonchev–Trinajstić information content (AvgIpc) is 2.02. The second-order valence-corrected chi connectivity index (χ2v) is 2.77. The fraction of sp³-hybridized carbons (Fsp3) is 0.250. The van der Waals surface area contributed by atoms with Gasteiger partial charge in [0.15, 0.2) is 6.29 Å². The molecule has 3 nitrogen and oxygen atoms in total. The highest BCUT2D eigenvalue weighted by atomic mass is 35.5. The molecule has 1 rings (SSSR count). The van der Waals surface area contributed by atoms with Crippen LogP contribution in [0.5, 0.6) is 5.75 Å². The van der Waals surface area contributed by atoms with Gasteiger partial charge < -0.3 is 14.9 Å². The molecule has 0 atom stereocenters. The lowest BCUT2D eigenvalue weighted by Crippen LogP contribution is -2.16. The first-order chi connectivity index (χ1) is 6.09. The van der Waals surface area contributed by atoms with Crippen LogP contribution in [0.4, 0.5) is 4.39 Å². The molecule has 72 valence electrons. The number of benzene rings is 1. The van der Waals surface area contributed by atoms with Crippen LogP contribution in [0.15, 0.2) is 18.2 Å². The van der Waals surface area contributed by atoms with Gasteiger partial charge in [-0.15, -0.1) is 0 Å². The van der Waals surface area contributed by atoms with Gasteiger partial charge in [-0.1, -0.05) is 11.6 Å². The predicted molar refractivity (Wildman–Crippen MR) is 45.1 cm³/mol. The van der Waals surface area contributed by atoms with E-state index in [1.54, 1.807) is 0 Å². The van der Waals surface area contributed by atoms with Gasteiger partial charge in [0, 0.05) is 0 Å². The summed E-state index contributed by atoms with van der Waals surface area (Å²) in [7, 11) is 0. The van der Waals surface area contributed by atoms with E-state index < -0.39 is 12.1 Å². The van der Waals surface area contributed by atoms with Gasteiger partial charge in [0.1, 0.15) is 18.2 Å². The van der Waals surface area contributed by atoms with E-state index in [-0.39, 0.29) is 17.4 Å². The Balaban J connectivity index is 2.67. The molecule has 0 aliphatic carbocycles. The van der Waals surface area contributed by atoms with Crippen LogP contribution in [0.3, 0.4) is 0 Å². The average molecular weight is 207 g/mol. The summed E-state index contributed by atoms with van der Waals surface area (Å²) in [5.74, 6) is -0.252. The SMILES string of the molecule is OC(O)COc1ccc(F)cc1Cl. The number of aliphatic hydroxyl groups excluding tert-OH is 1. The zero-order chi connectivity index (χ0) is 9.84. The molecule has 0 bridgehead atoms. The largest absolute Gasteiger partial charge is 0.487 e. The molecule has 0 radical (unpaired) electrons. The molecule has 0 aliphatic heterocycles. The van der Waals surface area contributed by atoms with Crippen LogP contribution in [0.25, 0.3) is 0 Å². The first-order valence-electron chi connectivity index (χ1n) is 3.53. The minimum absolute atomic E-state index is 0.0978. The second kappa shape index (κ2) is 4.41. The number of aliphatic hydroxyl groups is 2. The maximum atomic E-state index is 12.5. The van der Waals surface area contributed by atoms with Gasteiger partial charge >= 0.3 is 0 Å². The van der Waals surface area contributed by atoms with Crippen molar-refractivity contribution < 1.29 is 19.3 Å². The summed E-state index contributed by atoms with van der Waals surface area (Å²) >= 11 is 5.58. The van der Waals surface area contributed by atoms with E-state index in [0.29, 0.717) is 0 Å². The van der Waals surface area contributed by atoms with E-state index in [1.165, 1.54) is 12.1 Å². The molecule has 0 saturated heterocycles. The summed E-state index contributed by atoms with van der Waals surface area (Å²) in [4.78, 5) is 0. The van der Waals surface area contributed by atoms with Gasteiger partial charge in [-0.05, 0) is 18.2 Å². The monoisotopic (exact) mass is 206 g/mol. The maximum Gasteiger partial charge on any atom is 0.186 e. The topological polar surface area (TPSA) is 49.7 Å². The molecule has 0 amide bonds. The minimum Gasteiger partial charge on any atom is -0.487 e. The van der Waals surface area contributed by atoms with Crippen LogP contribution < -0.4 is 4.74 Å². The molecular formula is C8H8ClFO3. The molecule has 0 aromatic heterocycles. The first kappa shape index (κ1) is 10.2. The molecule has 5 heteroatoms. The Hall–Kier alpha value is -0.840. The van der Waals surface area contributed by atoms with Crippen molar-refractivity contribution in [1.82, 2.24) is 0 Å². The van der Waals surface area contributed by atoms with Crippen LogP contribution in [0.2, 0.25) is 5.02 Å². The van der Waals surface area contributed by atoms with Crippen LogP contribution in [0.1, 0.15) is 0 Å². The van der Waals surface area contributed by atoms with Crippen LogP contribution >= 0.6 is 11.6 Å². The highest BCUT2D eigenvalue weighted by Crippen LogP contribution is 2.24. The van der Waals surface area contributed by atoms with E-state index in [9.17, 15) is 4.39 Å². The number of hydrogen-bond donors (Lipinski definition) is 2. The standard InChI is InChI=1S/C8H8ClFO3/c9-6-3-5(10)1-2-7(6)13-4-8(11)12/h1-3,8,11-12H,4H2. The smallest absolute Gasteiger partial charge is 0.186 e. The Labute approximate surface area is 79.3 Å². The van der Waals surface area contributed by atoms with E-state index in [4.69, 9.17) is 26.6 Å². The van der Waals surface area contributed by atoms with Gasteiger partial charge in [0.2, 0.25) is 0 Å². The summed E-state index contributed by atoms with van der Waals surface area (Å²) in [5, 5.41) is 17.0. The Kier molecular flexibility index (Phi) is 3.48. The van der Waals surface area contributed by atoms with Crippen LogP contribution in [0, 0.1) is 5.82 Å². The van der Waals surface area contributed by atoms with Crippen molar-refractivity contribution in [2.24, 2.45) is 0 Å². The molecule has 2 N–H and O–H groups in total. The highest BCUT2D eigenvalue weighted by Gasteiger charge is 2.04. The normalized spacial score (nSPS) is 10.5. The fourth-order valence-corrected chi connectivity index (χ4v) is 0.978. The molecule has 0 aliphatic rings. The van der Waals surface area contributed by atoms with Crippen LogP contribution in [-0.2, 0) is 0 Å². The van der Waals surface area contributed by atoms with Gasteiger partial charge in [-0.2, -0.15) is 0 Å². The first-order valence-corrected chi connectivity index (χ1v) is 3.91. The van der Waals surface area contributed by atoms with Gasteiger partial charge in [0.05, 0.1) is 5.02 Å². The molecule has 0 unspecified atom stereocenters. The zero-order valence-corrected chi connectivity index (χ0v) is 7.33. The Morgan fingerprint density at radius 2 is 2.15 bits per heavy atom. The third kappa shape index (κ3) is 3.18. The van der Waals surface area contributed by atoms with Gasteiger partial charge in [0.25, 0.3) is 0 Å². The third-order valence-electron chi connectivity index (χ3n) is 1.28. The predicted octanol–water partition coefficient (Wildman–Crippen LogP) is 1.17. The Morgan fingerprint density at radius 3 is 2.69 bits per heavy atom. The van der Waals surface area contributed by atoms with E-state index >= 15 is 0 Å². The quantitative estimate of drug-likeness (QED) is 0.730. The summed E-state index contributed by atoms with van der Waals surface area (Å²) in [6, 6.07) is 3.58. The van der Waals surface area contributed by atoms with E-state index in [2.05, 4.69) is 0 Å². The van der Waals surface area contributed by atoms with Gasteiger partial charge in [-0.25, -0.2) is 4.39 Å². The molecule has 1 aromatic carbocycles. The van der Waals surface area contributed by atoms with Crippen molar-refractivity contribution in [3.8, 4) is 5.75 Å². The third-order valence-corrected chi connectivity index (χ3v) is 1.58. The van der Waals surface area contributed by atoms with Crippen molar-refractivity contribution in [2.75, 3.05) is 6.61 Å². The minimum atomic E-state index is -1.57. The number of hydrogen-bond acceptors (Lipinski definition) is 3. The van der Waals surface area contributed by atoms with Crippen molar-refractivity contribution >= 4 is 11.6 Å². The second-order valence-electron chi connectivity index (χ2n) is 2.37. The van der Waals surface area contributed by atoms with Crippen molar-refractivity contribution in [3.05, 3.63) is 29.0 Å². The lowest BCUT2D eigenvalue weighted by atomic mass is 10.3. The van der Waals surface area contributed by atoms with Crippen molar-refractivity contribution in [1.29, 1.82) is 0 Å². The molecule has 1 aromatic rings. The lowest BCUT2D eigenvalue weighted by Gasteiger charge is -2.08. The molecular weight excluding hydrogens is 199 g/mol. The van der Waals surface area contributed by atoms with Crippen molar-refractivity contribution in [3.63, 3.8) is 0 Å². The summed E-state index contributed by atoms with van der Waals surface area (Å²) in [5.41, 5.74) is 0. The molecule has 13 heavy (non-hydrogen) atoms. The lowest BCUT2D eigenvalue weighted by molar-refractivity contribution is -0.0680. The number of rotatable bonds is 3. The number of ether oxygens (including phenoxy) is 1. The highest BCUT2D eigenvalue weighted by molar-refractivity contribution is 6.32. The molecule has 0 spiro atoms. The summed E-state index contributed by atoms with van der Waals surface area (Å²) < 4.78 is 17.4. The fourth-order valence-electron chi connectivity index (χ4n) is 0.757. The molecule has 0 heterocycles. The molecule has 0 fully saturated rings. The van der Waals surface area contributed by atoms with Crippen molar-refractivity contribution in [2.45, 2.75) is 6.29 Å². The van der Waals surface area contributed by atoms with E-state index in [0.717, 1.165) is 6.07 Å². The van der Waals surface area contributed by atoms with Gasteiger partial charge in [-0.3, -0.25) is 0 Å². The summed E-state index contributed by atoms with van der Waals surface area (Å²) in [6.07, 6.45) is -1.57. The summed E-state index contributed by atoms with van der Waals surface area (Å²) in [6.45, 7) is -0.300. The maximum absolute atomic E-state index is 12.5.